The third kappa shape index (κ3) is 5.65. The molecule has 0 atom stereocenters. The molecule has 18 heavy (non-hydrogen) atoms. The minimum absolute atomic E-state index is 0.169. The van der Waals surface area contributed by atoms with E-state index >= 15 is 0 Å². The van der Waals surface area contributed by atoms with E-state index in [1.807, 2.05) is 0 Å². The molecule has 0 aliphatic heterocycles. The third-order valence-corrected chi connectivity index (χ3v) is 2.97. The fourth-order valence-electron chi connectivity index (χ4n) is 2.00. The Balaban J connectivity index is 2.67. The van der Waals surface area contributed by atoms with Gasteiger partial charge in [-0.15, -0.1) is 0 Å². The predicted octanol–water partition coefficient (Wildman–Crippen LogP) is 3.42. The molecule has 0 bridgehead atoms. The zero-order valence-corrected chi connectivity index (χ0v) is 12.6. The highest BCUT2D eigenvalue weighted by molar-refractivity contribution is 5.27. The quantitative estimate of drug-likeness (QED) is 0.830. The SMILES string of the molecule is CCCN(C)Cc1ccccc1CNC(C)(C)C. The topological polar surface area (TPSA) is 15.3 Å². The van der Waals surface area contributed by atoms with Gasteiger partial charge in [-0.05, 0) is 51.9 Å². The van der Waals surface area contributed by atoms with Gasteiger partial charge in [-0.1, -0.05) is 31.2 Å². The molecular weight excluding hydrogens is 220 g/mol. The molecule has 0 fully saturated rings. The Morgan fingerprint density at radius 1 is 1.11 bits per heavy atom. The monoisotopic (exact) mass is 248 g/mol. The molecule has 0 radical (unpaired) electrons. The van der Waals surface area contributed by atoms with Crippen LogP contribution in [0, 0.1) is 0 Å². The summed E-state index contributed by atoms with van der Waals surface area (Å²) in [5.74, 6) is 0. The van der Waals surface area contributed by atoms with Gasteiger partial charge in [-0.2, -0.15) is 0 Å². The lowest BCUT2D eigenvalue weighted by atomic mass is 10.0. The van der Waals surface area contributed by atoms with Crippen molar-refractivity contribution in [3.05, 3.63) is 35.4 Å². The molecule has 1 N–H and O–H groups in total. The summed E-state index contributed by atoms with van der Waals surface area (Å²) in [4.78, 5) is 2.38. The maximum Gasteiger partial charge on any atom is 0.0233 e. The molecule has 0 amide bonds. The van der Waals surface area contributed by atoms with Crippen LogP contribution in [0.25, 0.3) is 0 Å². The van der Waals surface area contributed by atoms with Crippen molar-refractivity contribution in [2.75, 3.05) is 13.6 Å². The summed E-state index contributed by atoms with van der Waals surface area (Å²) in [5, 5.41) is 3.57. The number of hydrogen-bond acceptors (Lipinski definition) is 2. The normalized spacial score (nSPS) is 12.1. The molecule has 1 aromatic rings. The highest BCUT2D eigenvalue weighted by Crippen LogP contribution is 2.12. The first-order chi connectivity index (χ1) is 8.42. The molecule has 1 rings (SSSR count). The van der Waals surface area contributed by atoms with Gasteiger partial charge in [0.25, 0.3) is 0 Å². The molecule has 2 nitrogen and oxygen atoms in total. The van der Waals surface area contributed by atoms with Crippen LogP contribution < -0.4 is 5.32 Å². The van der Waals surface area contributed by atoms with Crippen LogP contribution in [0.1, 0.15) is 45.2 Å². The van der Waals surface area contributed by atoms with E-state index in [2.05, 4.69) is 69.2 Å². The molecule has 0 saturated heterocycles. The van der Waals surface area contributed by atoms with Crippen LogP contribution >= 0.6 is 0 Å². The third-order valence-electron chi connectivity index (χ3n) is 2.97. The number of hydrogen-bond donors (Lipinski definition) is 1. The lowest BCUT2D eigenvalue weighted by molar-refractivity contribution is 0.325. The first-order valence-corrected chi connectivity index (χ1v) is 6.92. The van der Waals surface area contributed by atoms with Gasteiger partial charge in [0, 0.05) is 18.6 Å². The van der Waals surface area contributed by atoms with Crippen LogP contribution in [-0.4, -0.2) is 24.0 Å². The maximum atomic E-state index is 3.57. The Kier molecular flexibility index (Phi) is 5.83. The van der Waals surface area contributed by atoms with Crippen molar-refractivity contribution in [1.82, 2.24) is 10.2 Å². The molecule has 0 saturated carbocycles. The van der Waals surface area contributed by atoms with Gasteiger partial charge in [-0.25, -0.2) is 0 Å². The zero-order chi connectivity index (χ0) is 13.6. The Hall–Kier alpha value is -0.860. The second-order valence-electron chi connectivity index (χ2n) is 6.11. The van der Waals surface area contributed by atoms with Gasteiger partial charge in [0.15, 0.2) is 0 Å². The highest BCUT2D eigenvalue weighted by Gasteiger charge is 2.10. The van der Waals surface area contributed by atoms with E-state index in [4.69, 9.17) is 0 Å². The lowest BCUT2D eigenvalue weighted by Crippen LogP contribution is -2.35. The van der Waals surface area contributed by atoms with E-state index in [0.29, 0.717) is 0 Å². The second kappa shape index (κ2) is 6.91. The maximum absolute atomic E-state index is 3.57. The minimum Gasteiger partial charge on any atom is -0.308 e. The van der Waals surface area contributed by atoms with E-state index in [1.54, 1.807) is 0 Å². The highest BCUT2D eigenvalue weighted by atomic mass is 15.1. The predicted molar refractivity (Wildman–Crippen MR) is 79.7 cm³/mol. The van der Waals surface area contributed by atoms with Gasteiger partial charge in [-0.3, -0.25) is 0 Å². The van der Waals surface area contributed by atoms with Crippen LogP contribution in [0.4, 0.5) is 0 Å². The van der Waals surface area contributed by atoms with Crippen molar-refractivity contribution < 1.29 is 0 Å². The summed E-state index contributed by atoms with van der Waals surface area (Å²) in [7, 11) is 2.19. The van der Waals surface area contributed by atoms with Crippen LogP contribution in [-0.2, 0) is 13.1 Å². The number of rotatable bonds is 6. The summed E-state index contributed by atoms with van der Waals surface area (Å²) >= 11 is 0. The summed E-state index contributed by atoms with van der Waals surface area (Å²) in [6.45, 7) is 12.0. The van der Waals surface area contributed by atoms with Crippen molar-refractivity contribution in [2.45, 2.75) is 52.7 Å². The summed E-state index contributed by atoms with van der Waals surface area (Å²) in [6, 6.07) is 8.73. The average molecular weight is 248 g/mol. The standard InChI is InChI=1S/C16H28N2/c1-6-11-18(5)13-15-10-8-7-9-14(15)12-17-16(2,3)4/h7-10,17H,6,11-13H2,1-5H3. The van der Waals surface area contributed by atoms with Crippen molar-refractivity contribution in [3.63, 3.8) is 0 Å². The van der Waals surface area contributed by atoms with Crippen molar-refractivity contribution in [3.8, 4) is 0 Å². The second-order valence-corrected chi connectivity index (χ2v) is 6.11. The molecule has 0 spiro atoms. The van der Waals surface area contributed by atoms with E-state index in [-0.39, 0.29) is 5.54 Å². The van der Waals surface area contributed by atoms with Crippen LogP contribution in [0.3, 0.4) is 0 Å². The van der Waals surface area contributed by atoms with E-state index < -0.39 is 0 Å². The zero-order valence-electron chi connectivity index (χ0n) is 12.6. The van der Waals surface area contributed by atoms with Crippen LogP contribution in [0.2, 0.25) is 0 Å². The van der Waals surface area contributed by atoms with E-state index in [1.165, 1.54) is 17.5 Å². The molecule has 0 unspecified atom stereocenters. The van der Waals surface area contributed by atoms with Gasteiger partial charge in [0.05, 0.1) is 0 Å². The largest absolute Gasteiger partial charge is 0.308 e. The Morgan fingerprint density at radius 3 is 2.28 bits per heavy atom. The summed E-state index contributed by atoms with van der Waals surface area (Å²) in [6.07, 6.45) is 1.21. The summed E-state index contributed by atoms with van der Waals surface area (Å²) < 4.78 is 0. The van der Waals surface area contributed by atoms with Gasteiger partial charge in [0.2, 0.25) is 0 Å². The molecule has 102 valence electrons. The molecule has 1 aromatic carbocycles. The lowest BCUT2D eigenvalue weighted by Gasteiger charge is -2.23. The molecule has 2 heteroatoms. The van der Waals surface area contributed by atoms with Crippen LogP contribution in [0.5, 0.6) is 0 Å². The first kappa shape index (κ1) is 15.2. The first-order valence-electron chi connectivity index (χ1n) is 6.92. The van der Waals surface area contributed by atoms with Crippen molar-refractivity contribution in [2.24, 2.45) is 0 Å². The fourth-order valence-corrected chi connectivity index (χ4v) is 2.00. The van der Waals surface area contributed by atoms with Crippen LogP contribution in [0.15, 0.2) is 24.3 Å². The fraction of sp³-hybridized carbons (Fsp3) is 0.625. The molecule has 0 heterocycles. The summed E-state index contributed by atoms with van der Waals surface area (Å²) in [5.41, 5.74) is 3.02. The molecule has 0 aliphatic carbocycles. The number of nitrogens with zero attached hydrogens (tertiary/aromatic N) is 1. The number of benzene rings is 1. The minimum atomic E-state index is 0.169. The average Bonchev–Trinajstić information content (AvgIpc) is 2.27. The smallest absolute Gasteiger partial charge is 0.0233 e. The van der Waals surface area contributed by atoms with Crippen molar-refractivity contribution >= 4 is 0 Å². The van der Waals surface area contributed by atoms with Gasteiger partial charge in [0.1, 0.15) is 0 Å². The van der Waals surface area contributed by atoms with Gasteiger partial charge < -0.3 is 10.2 Å². The number of nitrogens with one attached hydrogen (secondary N) is 1. The molecular formula is C16H28N2. The Labute approximate surface area is 112 Å². The Bertz CT molecular complexity index is 352. The molecule has 0 aliphatic rings. The molecule has 0 aromatic heterocycles. The van der Waals surface area contributed by atoms with Crippen molar-refractivity contribution in [1.29, 1.82) is 0 Å². The Morgan fingerprint density at radius 2 is 1.72 bits per heavy atom. The van der Waals surface area contributed by atoms with E-state index in [0.717, 1.165) is 19.6 Å². The van der Waals surface area contributed by atoms with E-state index in [9.17, 15) is 0 Å². The van der Waals surface area contributed by atoms with Gasteiger partial charge >= 0.3 is 0 Å².